The Labute approximate surface area is 206 Å². The van der Waals surface area contributed by atoms with E-state index in [-0.39, 0.29) is 59.4 Å². The first kappa shape index (κ1) is 24.8. The van der Waals surface area contributed by atoms with E-state index in [1.165, 1.54) is 34.4 Å². The molecule has 0 saturated carbocycles. The van der Waals surface area contributed by atoms with Gasteiger partial charge in [-0.15, -0.1) is 10.2 Å². The molecule has 1 aliphatic heterocycles. The van der Waals surface area contributed by atoms with Crippen LogP contribution in [0.5, 0.6) is 0 Å². The van der Waals surface area contributed by atoms with Crippen molar-refractivity contribution >= 4 is 43.6 Å². The lowest BCUT2D eigenvalue weighted by Crippen LogP contribution is -2.50. The number of nitrogens with zero attached hydrogens (tertiary/aromatic N) is 6. The fraction of sp³-hybridized carbons (Fsp3) is 0.368. The number of rotatable bonds is 7. The third kappa shape index (κ3) is 5.31. The number of hydrogen-bond donors (Lipinski definition) is 0. The van der Waals surface area contributed by atoms with Crippen LogP contribution in [0, 0.1) is 0 Å². The zero-order valence-electron chi connectivity index (χ0n) is 17.8. The Balaban J connectivity index is 1.32. The van der Waals surface area contributed by atoms with Gasteiger partial charge in [-0.05, 0) is 24.3 Å². The van der Waals surface area contributed by atoms with Gasteiger partial charge in [0.05, 0.1) is 16.2 Å². The molecule has 1 aliphatic rings. The van der Waals surface area contributed by atoms with Gasteiger partial charge < -0.3 is 9.32 Å². The summed E-state index contributed by atoms with van der Waals surface area (Å²) in [7, 11) is -2.14. The Hall–Kier alpha value is -2.36. The van der Waals surface area contributed by atoms with E-state index in [9.17, 15) is 22.0 Å². The Morgan fingerprint density at radius 3 is 2.50 bits per heavy atom. The minimum atomic E-state index is -3.64. The topological polar surface area (TPSA) is 114 Å². The molecule has 3 heterocycles. The summed E-state index contributed by atoms with van der Waals surface area (Å²) >= 11 is 4.26. The second-order valence-corrected chi connectivity index (χ2v) is 11.1. The minimum Gasteiger partial charge on any atom is -0.411 e. The van der Waals surface area contributed by atoms with Crippen molar-refractivity contribution in [3.8, 4) is 11.5 Å². The molecule has 0 aliphatic carbocycles. The number of benzene rings is 1. The molecule has 1 fully saturated rings. The quantitative estimate of drug-likeness (QED) is 0.394. The highest BCUT2D eigenvalue weighted by atomic mass is 79.9. The summed E-state index contributed by atoms with van der Waals surface area (Å²) in [6.07, 6.45) is -1.44. The van der Waals surface area contributed by atoms with E-state index in [0.717, 1.165) is 16.2 Å². The van der Waals surface area contributed by atoms with Gasteiger partial charge in [-0.2, -0.15) is 9.40 Å². The van der Waals surface area contributed by atoms with Crippen molar-refractivity contribution in [2.75, 3.05) is 31.9 Å². The number of amides is 1. The summed E-state index contributed by atoms with van der Waals surface area (Å²) in [5.74, 6) is -0.347. The number of piperazine rings is 1. The largest absolute Gasteiger partial charge is 0.411 e. The molecule has 0 radical (unpaired) electrons. The molecule has 10 nitrogen and oxygen atoms in total. The van der Waals surface area contributed by atoms with Crippen LogP contribution in [-0.2, 0) is 21.9 Å². The van der Waals surface area contributed by atoms with E-state index in [4.69, 9.17) is 4.42 Å². The van der Waals surface area contributed by atoms with Crippen LogP contribution in [0.3, 0.4) is 0 Å². The van der Waals surface area contributed by atoms with Crippen molar-refractivity contribution in [1.29, 1.82) is 0 Å². The SMILES string of the molecule is Cn1cc(-c2nnc(SCC(=O)N3CCN(S(=O)(=O)c4ccc(Br)cc4)CC3)o2)c(C(F)F)n1. The summed E-state index contributed by atoms with van der Waals surface area (Å²) < 4.78 is 60.7. The van der Waals surface area contributed by atoms with Crippen LogP contribution in [0.25, 0.3) is 11.5 Å². The summed E-state index contributed by atoms with van der Waals surface area (Å²) in [5.41, 5.74) is -0.430. The highest BCUT2D eigenvalue weighted by Crippen LogP contribution is 2.30. The number of carbonyl (C=O) groups excluding carboxylic acids is 1. The zero-order valence-corrected chi connectivity index (χ0v) is 21.0. The maximum absolute atomic E-state index is 13.1. The average molecular weight is 577 g/mol. The van der Waals surface area contributed by atoms with Crippen LogP contribution < -0.4 is 0 Å². The monoisotopic (exact) mass is 576 g/mol. The van der Waals surface area contributed by atoms with Gasteiger partial charge in [0, 0.05) is 43.9 Å². The molecule has 4 rings (SSSR count). The number of halogens is 3. The lowest BCUT2D eigenvalue weighted by molar-refractivity contribution is -0.129. The molecule has 1 aromatic carbocycles. The van der Waals surface area contributed by atoms with E-state index in [1.807, 2.05) is 0 Å². The zero-order chi connectivity index (χ0) is 24.5. The van der Waals surface area contributed by atoms with Crippen LogP contribution in [0.4, 0.5) is 8.78 Å². The molecule has 0 N–H and O–H groups in total. The van der Waals surface area contributed by atoms with Gasteiger partial charge in [0.1, 0.15) is 5.69 Å². The van der Waals surface area contributed by atoms with Crippen molar-refractivity contribution < 1.29 is 26.4 Å². The van der Waals surface area contributed by atoms with Crippen LogP contribution >= 0.6 is 27.7 Å². The van der Waals surface area contributed by atoms with Crippen molar-refractivity contribution in [2.45, 2.75) is 16.5 Å². The Morgan fingerprint density at radius 1 is 1.18 bits per heavy atom. The van der Waals surface area contributed by atoms with Crippen molar-refractivity contribution in [3.63, 3.8) is 0 Å². The Kier molecular flexibility index (Phi) is 7.35. The van der Waals surface area contributed by atoms with Crippen molar-refractivity contribution in [2.24, 2.45) is 7.05 Å². The number of hydrogen-bond acceptors (Lipinski definition) is 8. The van der Waals surface area contributed by atoms with Crippen molar-refractivity contribution in [3.05, 3.63) is 40.6 Å². The normalized spacial score (nSPS) is 15.3. The van der Waals surface area contributed by atoms with Gasteiger partial charge in [-0.1, -0.05) is 27.7 Å². The fourth-order valence-electron chi connectivity index (χ4n) is 3.36. The first-order chi connectivity index (χ1) is 16.1. The number of alkyl halides is 2. The molecule has 0 bridgehead atoms. The highest BCUT2D eigenvalue weighted by Gasteiger charge is 2.30. The molecule has 1 amide bonds. The van der Waals surface area contributed by atoms with E-state index >= 15 is 0 Å². The first-order valence-corrected chi connectivity index (χ1v) is 13.2. The lowest BCUT2D eigenvalue weighted by Gasteiger charge is -2.33. The summed E-state index contributed by atoms with van der Waals surface area (Å²) in [5, 5.41) is 11.3. The molecule has 182 valence electrons. The summed E-state index contributed by atoms with van der Waals surface area (Å²) in [6.45, 7) is 0.850. The number of thioether (sulfide) groups is 1. The number of aromatic nitrogens is 4. The number of carbonyl (C=O) groups is 1. The average Bonchev–Trinajstić information content (AvgIpc) is 3.44. The standard InChI is InChI=1S/C19H19BrF2N6O4S2/c1-26-10-14(16(25-26)17(21)22)18-23-24-19(32-18)33-11-15(29)27-6-8-28(9-7-27)34(30,31)13-4-2-12(20)3-5-13/h2-5,10,17H,6-9,11H2,1H3. The molecule has 34 heavy (non-hydrogen) atoms. The minimum absolute atomic E-state index is 0.0180. The lowest BCUT2D eigenvalue weighted by atomic mass is 10.2. The van der Waals surface area contributed by atoms with Gasteiger partial charge in [-0.25, -0.2) is 17.2 Å². The van der Waals surface area contributed by atoms with Crippen LogP contribution in [0.2, 0.25) is 0 Å². The second-order valence-electron chi connectivity index (χ2n) is 7.30. The molecule has 0 spiro atoms. The van der Waals surface area contributed by atoms with Gasteiger partial charge in [0.25, 0.3) is 17.5 Å². The van der Waals surface area contributed by atoms with E-state index in [0.29, 0.717) is 0 Å². The van der Waals surface area contributed by atoms with E-state index in [2.05, 4.69) is 31.2 Å². The van der Waals surface area contributed by atoms with Crippen LogP contribution in [0.1, 0.15) is 12.1 Å². The van der Waals surface area contributed by atoms with Gasteiger partial charge >= 0.3 is 0 Å². The molecular formula is C19H19BrF2N6O4S2. The molecular weight excluding hydrogens is 558 g/mol. The first-order valence-electron chi connectivity index (χ1n) is 9.97. The predicted octanol–water partition coefficient (Wildman–Crippen LogP) is 2.80. The molecule has 2 aromatic heterocycles. The van der Waals surface area contributed by atoms with Gasteiger partial charge in [-0.3, -0.25) is 9.48 Å². The third-order valence-electron chi connectivity index (χ3n) is 5.06. The molecule has 15 heteroatoms. The molecule has 1 saturated heterocycles. The Bertz CT molecular complexity index is 1270. The highest BCUT2D eigenvalue weighted by molar-refractivity contribution is 9.10. The molecule has 0 atom stereocenters. The predicted molar refractivity (Wildman–Crippen MR) is 122 cm³/mol. The summed E-state index contributed by atoms with van der Waals surface area (Å²) in [6, 6.07) is 6.38. The third-order valence-corrected chi connectivity index (χ3v) is 8.31. The van der Waals surface area contributed by atoms with Crippen molar-refractivity contribution in [1.82, 2.24) is 29.2 Å². The maximum Gasteiger partial charge on any atom is 0.282 e. The Morgan fingerprint density at radius 2 is 1.85 bits per heavy atom. The van der Waals surface area contributed by atoms with Crippen LogP contribution in [0.15, 0.2) is 49.5 Å². The molecule has 3 aromatic rings. The fourth-order valence-corrected chi connectivity index (χ4v) is 5.71. The smallest absolute Gasteiger partial charge is 0.282 e. The van der Waals surface area contributed by atoms with Crippen LogP contribution in [-0.4, -0.2) is 75.4 Å². The van der Waals surface area contributed by atoms with E-state index < -0.39 is 22.1 Å². The van der Waals surface area contributed by atoms with Gasteiger partial charge in [0.2, 0.25) is 15.9 Å². The van der Waals surface area contributed by atoms with Gasteiger partial charge in [0.15, 0.2) is 0 Å². The molecule has 0 unspecified atom stereocenters. The number of sulfonamides is 1. The number of aryl methyl sites for hydroxylation is 1. The summed E-state index contributed by atoms with van der Waals surface area (Å²) in [4.78, 5) is 14.3. The second kappa shape index (κ2) is 10.1. The maximum atomic E-state index is 13.1. The van der Waals surface area contributed by atoms with E-state index in [1.54, 1.807) is 17.0 Å².